The molecule has 3 rings (SSSR count). The van der Waals surface area contributed by atoms with Gasteiger partial charge in [-0.05, 0) is 42.0 Å². The number of hydrogen-bond acceptors (Lipinski definition) is 5. The second kappa shape index (κ2) is 9.40. The van der Waals surface area contributed by atoms with Crippen LogP contribution in [0.25, 0.3) is 0 Å². The molecule has 1 amide bonds. The maximum atomic E-state index is 13.1. The number of nitrogens with one attached hydrogen (secondary N) is 1. The standard InChI is InChI=1S/C21H21N3O5S2/c22-30(26,27)19-13-11-18(12-14-19)23-21(25)16-24(15-17-7-3-1-4-8-17)31(28,29)20-9-5-2-6-10-20/h1-14H,15-16H2,(H,23,25)(H2,22,26,27). The lowest BCUT2D eigenvalue weighted by molar-refractivity contribution is -0.116. The quantitative estimate of drug-likeness (QED) is 0.534. The summed E-state index contributed by atoms with van der Waals surface area (Å²) in [6.07, 6.45) is 0. The third-order valence-electron chi connectivity index (χ3n) is 4.37. The molecule has 3 N–H and O–H groups in total. The molecule has 0 atom stereocenters. The number of rotatable bonds is 8. The van der Waals surface area contributed by atoms with Crippen molar-refractivity contribution in [2.45, 2.75) is 16.3 Å². The largest absolute Gasteiger partial charge is 0.325 e. The normalized spacial score (nSPS) is 11.9. The molecule has 0 aliphatic rings. The van der Waals surface area contributed by atoms with Crippen LogP contribution in [0, 0.1) is 0 Å². The summed E-state index contributed by atoms with van der Waals surface area (Å²) in [5.74, 6) is -0.571. The van der Waals surface area contributed by atoms with E-state index in [9.17, 15) is 21.6 Å². The van der Waals surface area contributed by atoms with Crippen LogP contribution in [0.1, 0.15) is 5.56 Å². The van der Waals surface area contributed by atoms with E-state index in [-0.39, 0.29) is 16.3 Å². The molecular formula is C21H21N3O5S2. The van der Waals surface area contributed by atoms with Crippen molar-refractivity contribution in [2.24, 2.45) is 5.14 Å². The van der Waals surface area contributed by atoms with Gasteiger partial charge >= 0.3 is 0 Å². The van der Waals surface area contributed by atoms with E-state index >= 15 is 0 Å². The molecule has 0 aromatic heterocycles. The Hall–Kier alpha value is -3.05. The Labute approximate surface area is 181 Å². The molecule has 0 aliphatic carbocycles. The van der Waals surface area contributed by atoms with Crippen LogP contribution in [0.5, 0.6) is 0 Å². The van der Waals surface area contributed by atoms with Crippen molar-refractivity contribution < 1.29 is 21.6 Å². The number of nitrogens with two attached hydrogens (primary N) is 1. The van der Waals surface area contributed by atoms with Gasteiger partial charge in [0.1, 0.15) is 0 Å². The highest BCUT2D eigenvalue weighted by atomic mass is 32.2. The fourth-order valence-corrected chi connectivity index (χ4v) is 4.76. The monoisotopic (exact) mass is 459 g/mol. The van der Waals surface area contributed by atoms with Gasteiger partial charge in [-0.25, -0.2) is 22.0 Å². The number of nitrogens with zero attached hydrogens (tertiary/aromatic N) is 1. The van der Waals surface area contributed by atoms with Crippen LogP contribution < -0.4 is 10.5 Å². The van der Waals surface area contributed by atoms with E-state index in [0.717, 1.165) is 9.87 Å². The fourth-order valence-electron chi connectivity index (χ4n) is 2.84. The summed E-state index contributed by atoms with van der Waals surface area (Å²) in [5.41, 5.74) is 1.04. The van der Waals surface area contributed by atoms with E-state index in [0.29, 0.717) is 5.69 Å². The fraction of sp³-hybridized carbons (Fsp3) is 0.0952. The van der Waals surface area contributed by atoms with Crippen molar-refractivity contribution in [1.29, 1.82) is 0 Å². The molecule has 10 heteroatoms. The number of hydrogen-bond donors (Lipinski definition) is 2. The van der Waals surface area contributed by atoms with E-state index < -0.39 is 32.5 Å². The first-order chi connectivity index (χ1) is 14.7. The lowest BCUT2D eigenvalue weighted by atomic mass is 10.2. The number of anilines is 1. The highest BCUT2D eigenvalue weighted by Crippen LogP contribution is 2.19. The maximum Gasteiger partial charge on any atom is 0.243 e. The molecule has 0 radical (unpaired) electrons. The summed E-state index contributed by atoms with van der Waals surface area (Å²) in [7, 11) is -7.79. The first-order valence-corrected chi connectivity index (χ1v) is 12.2. The van der Waals surface area contributed by atoms with Crippen molar-refractivity contribution in [1.82, 2.24) is 4.31 Å². The predicted molar refractivity (Wildman–Crippen MR) is 117 cm³/mol. The Morgan fingerprint density at radius 1 is 0.774 bits per heavy atom. The molecule has 3 aromatic rings. The van der Waals surface area contributed by atoms with Gasteiger partial charge in [-0.3, -0.25) is 4.79 Å². The van der Waals surface area contributed by atoms with E-state index in [4.69, 9.17) is 5.14 Å². The summed E-state index contributed by atoms with van der Waals surface area (Å²) in [4.78, 5) is 12.6. The summed E-state index contributed by atoms with van der Waals surface area (Å²) < 4.78 is 50.1. The second-order valence-corrected chi connectivity index (χ2v) is 10.2. The molecule has 31 heavy (non-hydrogen) atoms. The van der Waals surface area contributed by atoms with Crippen LogP contribution in [0.2, 0.25) is 0 Å². The van der Waals surface area contributed by atoms with Gasteiger partial charge in [-0.15, -0.1) is 0 Å². The molecule has 0 unspecified atom stereocenters. The third-order valence-corrected chi connectivity index (χ3v) is 7.10. The van der Waals surface area contributed by atoms with Gasteiger partial charge in [0.25, 0.3) is 0 Å². The van der Waals surface area contributed by atoms with Crippen molar-refractivity contribution in [3.63, 3.8) is 0 Å². The highest BCUT2D eigenvalue weighted by Gasteiger charge is 2.26. The van der Waals surface area contributed by atoms with E-state index in [1.165, 1.54) is 36.4 Å². The van der Waals surface area contributed by atoms with E-state index in [1.807, 2.05) is 6.07 Å². The molecule has 0 saturated carbocycles. The lowest BCUT2D eigenvalue weighted by Crippen LogP contribution is -2.37. The Bertz CT molecular complexity index is 1250. The molecule has 0 fully saturated rings. The zero-order chi connectivity index (χ0) is 22.5. The van der Waals surface area contributed by atoms with Crippen LogP contribution in [0.15, 0.2) is 94.7 Å². The average molecular weight is 460 g/mol. The molecule has 3 aromatic carbocycles. The number of carbonyl (C=O) groups is 1. The number of amides is 1. The van der Waals surface area contributed by atoms with Gasteiger partial charge in [0.05, 0.1) is 16.3 Å². The van der Waals surface area contributed by atoms with E-state index in [2.05, 4.69) is 5.32 Å². The first-order valence-electron chi connectivity index (χ1n) is 9.18. The lowest BCUT2D eigenvalue weighted by Gasteiger charge is -2.22. The molecule has 0 aliphatic heterocycles. The summed E-state index contributed by atoms with van der Waals surface area (Å²) in [5, 5.41) is 7.64. The van der Waals surface area contributed by atoms with Gasteiger partial charge < -0.3 is 5.32 Å². The van der Waals surface area contributed by atoms with Gasteiger partial charge in [0.15, 0.2) is 0 Å². The van der Waals surface area contributed by atoms with Crippen molar-refractivity contribution >= 4 is 31.6 Å². The molecule has 0 saturated heterocycles. The van der Waals surface area contributed by atoms with E-state index in [1.54, 1.807) is 42.5 Å². The summed E-state index contributed by atoms with van der Waals surface area (Å²) in [6.45, 7) is -0.418. The van der Waals surface area contributed by atoms with Gasteiger partial charge in [0.2, 0.25) is 26.0 Å². The van der Waals surface area contributed by atoms with Crippen LogP contribution in [0.3, 0.4) is 0 Å². The van der Waals surface area contributed by atoms with Gasteiger partial charge in [0, 0.05) is 12.2 Å². The zero-order valence-corrected chi connectivity index (χ0v) is 18.0. The number of carbonyl (C=O) groups excluding carboxylic acids is 1. The number of sulfonamides is 2. The maximum absolute atomic E-state index is 13.1. The molecule has 0 heterocycles. The van der Waals surface area contributed by atoms with Crippen molar-refractivity contribution in [3.05, 3.63) is 90.5 Å². The molecule has 0 bridgehead atoms. The highest BCUT2D eigenvalue weighted by molar-refractivity contribution is 7.89. The Morgan fingerprint density at radius 3 is 1.87 bits per heavy atom. The third kappa shape index (κ3) is 5.98. The van der Waals surface area contributed by atoms with Gasteiger partial charge in [-0.2, -0.15) is 4.31 Å². The Morgan fingerprint density at radius 2 is 1.32 bits per heavy atom. The number of benzene rings is 3. The zero-order valence-electron chi connectivity index (χ0n) is 16.4. The summed E-state index contributed by atoms with van der Waals surface area (Å²) in [6, 6.07) is 22.1. The van der Waals surface area contributed by atoms with Crippen molar-refractivity contribution in [2.75, 3.05) is 11.9 Å². The van der Waals surface area contributed by atoms with Gasteiger partial charge in [-0.1, -0.05) is 48.5 Å². The molecule has 0 spiro atoms. The Kier molecular flexibility index (Phi) is 6.86. The van der Waals surface area contributed by atoms with Crippen LogP contribution >= 0.6 is 0 Å². The first kappa shape index (κ1) is 22.6. The molecule has 162 valence electrons. The van der Waals surface area contributed by atoms with Crippen LogP contribution in [-0.2, 0) is 31.4 Å². The minimum Gasteiger partial charge on any atom is -0.325 e. The van der Waals surface area contributed by atoms with Crippen LogP contribution in [0.4, 0.5) is 5.69 Å². The van der Waals surface area contributed by atoms with Crippen molar-refractivity contribution in [3.8, 4) is 0 Å². The number of primary sulfonamides is 1. The predicted octanol–water partition coefficient (Wildman–Crippen LogP) is 2.16. The smallest absolute Gasteiger partial charge is 0.243 e. The second-order valence-electron chi connectivity index (χ2n) is 6.69. The minimum atomic E-state index is -3.94. The molecule has 8 nitrogen and oxygen atoms in total. The Balaban J connectivity index is 1.82. The molecular weight excluding hydrogens is 438 g/mol. The van der Waals surface area contributed by atoms with Crippen LogP contribution in [-0.4, -0.2) is 33.6 Å². The topological polar surface area (TPSA) is 127 Å². The summed E-state index contributed by atoms with van der Waals surface area (Å²) >= 11 is 0. The minimum absolute atomic E-state index is 0.00976. The SMILES string of the molecule is NS(=O)(=O)c1ccc(NC(=O)CN(Cc2ccccc2)S(=O)(=O)c2ccccc2)cc1. The average Bonchev–Trinajstić information content (AvgIpc) is 2.74.